The van der Waals surface area contributed by atoms with Crippen LogP contribution in [0.15, 0.2) is 48.5 Å². The smallest absolute Gasteiger partial charge is 0.374 e. The maximum absolute atomic E-state index is 12.7. The zero-order chi connectivity index (χ0) is 18.5. The molecule has 5 heteroatoms. The Kier molecular flexibility index (Phi) is 6.25. The van der Waals surface area contributed by atoms with E-state index in [9.17, 15) is 13.2 Å². The molecule has 0 unspecified atom stereocenters. The Hall–Kier alpha value is -1.85. The monoisotopic (exact) mass is 351 g/mol. The third kappa shape index (κ3) is 5.58. The highest BCUT2D eigenvalue weighted by atomic mass is 19.4. The zero-order valence-corrected chi connectivity index (χ0v) is 14.8. The average molecular weight is 351 g/mol. The van der Waals surface area contributed by atoms with Gasteiger partial charge in [0, 0.05) is 13.7 Å². The Labute approximate surface area is 147 Å². The van der Waals surface area contributed by atoms with Gasteiger partial charge in [0.2, 0.25) is 0 Å². The van der Waals surface area contributed by atoms with Crippen molar-refractivity contribution < 1.29 is 17.9 Å². The van der Waals surface area contributed by atoms with Gasteiger partial charge in [-0.05, 0) is 49.6 Å². The van der Waals surface area contributed by atoms with Gasteiger partial charge in [0.25, 0.3) is 0 Å². The summed E-state index contributed by atoms with van der Waals surface area (Å²) in [7, 11) is 1.68. The number of halogens is 3. The van der Waals surface area contributed by atoms with Crippen molar-refractivity contribution in [3.8, 4) is 0 Å². The van der Waals surface area contributed by atoms with Crippen molar-refractivity contribution in [2.24, 2.45) is 0 Å². The van der Waals surface area contributed by atoms with Crippen molar-refractivity contribution in [1.82, 2.24) is 5.32 Å². The van der Waals surface area contributed by atoms with E-state index >= 15 is 0 Å². The van der Waals surface area contributed by atoms with Crippen LogP contribution in [0, 0.1) is 0 Å². The highest BCUT2D eigenvalue weighted by Gasteiger charge is 2.30. The van der Waals surface area contributed by atoms with Gasteiger partial charge in [0.15, 0.2) is 0 Å². The Morgan fingerprint density at radius 2 is 1.60 bits per heavy atom. The van der Waals surface area contributed by atoms with Gasteiger partial charge >= 0.3 is 6.18 Å². The first-order chi connectivity index (χ1) is 11.7. The van der Waals surface area contributed by atoms with Crippen LogP contribution < -0.4 is 5.32 Å². The molecule has 0 saturated carbocycles. The minimum atomic E-state index is -4.29. The molecule has 0 saturated heterocycles. The molecule has 2 aromatic rings. The summed E-state index contributed by atoms with van der Waals surface area (Å²) in [6.07, 6.45) is -3.74. The summed E-state index contributed by atoms with van der Waals surface area (Å²) in [5.41, 5.74) is 1.98. The highest BCUT2D eigenvalue weighted by molar-refractivity contribution is 5.27. The summed E-state index contributed by atoms with van der Waals surface area (Å²) >= 11 is 0. The summed E-state index contributed by atoms with van der Waals surface area (Å²) in [5, 5.41) is 3.27. The van der Waals surface area contributed by atoms with E-state index in [1.54, 1.807) is 13.2 Å². The highest BCUT2D eigenvalue weighted by Crippen LogP contribution is 2.29. The third-order valence-electron chi connectivity index (χ3n) is 4.33. The van der Waals surface area contributed by atoms with Gasteiger partial charge in [0.1, 0.15) is 0 Å². The van der Waals surface area contributed by atoms with E-state index in [2.05, 4.69) is 5.32 Å². The zero-order valence-electron chi connectivity index (χ0n) is 14.8. The molecule has 0 amide bonds. The molecule has 0 aromatic heterocycles. The molecule has 0 spiro atoms. The number of ether oxygens (including phenoxy) is 1. The topological polar surface area (TPSA) is 21.3 Å². The standard InChI is InChI=1S/C20H24F3NO/c1-19(2,25-3)17-9-7-16(8-10-17)14-24-12-11-15-5-4-6-18(13-15)20(21,22)23/h4-10,13,24H,11-12,14H2,1-3H3. The lowest BCUT2D eigenvalue weighted by atomic mass is 9.97. The number of alkyl halides is 3. The SMILES string of the molecule is COC(C)(C)c1ccc(CNCCc2cccc(C(F)(F)F)c2)cc1. The van der Waals surface area contributed by atoms with Gasteiger partial charge in [-0.2, -0.15) is 13.2 Å². The van der Waals surface area contributed by atoms with Crippen LogP contribution in [-0.4, -0.2) is 13.7 Å². The van der Waals surface area contributed by atoms with Crippen LogP contribution in [0.1, 0.15) is 36.1 Å². The van der Waals surface area contributed by atoms with Crippen molar-refractivity contribution in [2.45, 2.75) is 38.6 Å². The van der Waals surface area contributed by atoms with Crippen molar-refractivity contribution >= 4 is 0 Å². The molecule has 0 aliphatic carbocycles. The fourth-order valence-electron chi connectivity index (χ4n) is 2.51. The molecule has 2 rings (SSSR count). The maximum atomic E-state index is 12.7. The number of nitrogens with one attached hydrogen (secondary N) is 1. The normalized spacial score (nSPS) is 12.4. The van der Waals surface area contributed by atoms with Gasteiger partial charge in [-0.25, -0.2) is 0 Å². The number of benzene rings is 2. The molecule has 0 bridgehead atoms. The second-order valence-corrected chi connectivity index (χ2v) is 6.54. The molecule has 0 aliphatic rings. The first-order valence-corrected chi connectivity index (χ1v) is 8.24. The number of rotatable bonds is 7. The molecule has 0 atom stereocenters. The first-order valence-electron chi connectivity index (χ1n) is 8.24. The molecule has 2 aromatic carbocycles. The minimum Gasteiger partial charge on any atom is -0.374 e. The molecule has 0 heterocycles. The second kappa shape index (κ2) is 8.02. The quantitative estimate of drug-likeness (QED) is 0.715. The van der Waals surface area contributed by atoms with Crippen LogP contribution >= 0.6 is 0 Å². The molecule has 0 radical (unpaired) electrons. The molecule has 0 fully saturated rings. The van der Waals surface area contributed by atoms with Crippen LogP contribution in [0.4, 0.5) is 13.2 Å². The lowest BCUT2D eigenvalue weighted by molar-refractivity contribution is -0.137. The van der Waals surface area contributed by atoms with Gasteiger partial charge in [-0.15, -0.1) is 0 Å². The Morgan fingerprint density at radius 3 is 2.20 bits per heavy atom. The van der Waals surface area contributed by atoms with Gasteiger partial charge in [-0.1, -0.05) is 42.5 Å². The van der Waals surface area contributed by atoms with Gasteiger partial charge in [-0.3, -0.25) is 0 Å². The van der Waals surface area contributed by atoms with Crippen LogP contribution in [-0.2, 0) is 29.5 Å². The minimum absolute atomic E-state index is 0.324. The lowest BCUT2D eigenvalue weighted by Crippen LogP contribution is -2.20. The molecule has 1 N–H and O–H groups in total. The average Bonchev–Trinajstić information content (AvgIpc) is 2.59. The van der Waals surface area contributed by atoms with Crippen molar-refractivity contribution in [3.63, 3.8) is 0 Å². The number of hydrogen-bond acceptors (Lipinski definition) is 2. The van der Waals surface area contributed by atoms with E-state index in [1.807, 2.05) is 38.1 Å². The number of hydrogen-bond donors (Lipinski definition) is 1. The fourth-order valence-corrected chi connectivity index (χ4v) is 2.51. The van der Waals surface area contributed by atoms with Crippen molar-refractivity contribution in [1.29, 1.82) is 0 Å². The van der Waals surface area contributed by atoms with Gasteiger partial charge in [0.05, 0.1) is 11.2 Å². The lowest BCUT2D eigenvalue weighted by Gasteiger charge is -2.23. The summed E-state index contributed by atoms with van der Waals surface area (Å²) in [6.45, 7) is 5.31. The predicted molar refractivity (Wildman–Crippen MR) is 93.3 cm³/mol. The summed E-state index contributed by atoms with van der Waals surface area (Å²) in [4.78, 5) is 0. The van der Waals surface area contributed by atoms with Crippen LogP contribution in [0.3, 0.4) is 0 Å². The molecule has 25 heavy (non-hydrogen) atoms. The molecular formula is C20H24F3NO. The van der Waals surface area contributed by atoms with E-state index in [4.69, 9.17) is 4.74 Å². The summed E-state index contributed by atoms with van der Waals surface area (Å²) in [6, 6.07) is 13.6. The van der Waals surface area contributed by atoms with Crippen molar-refractivity contribution in [3.05, 3.63) is 70.8 Å². The fraction of sp³-hybridized carbons (Fsp3) is 0.400. The Balaban J connectivity index is 1.84. The summed E-state index contributed by atoms with van der Waals surface area (Å²) < 4.78 is 43.5. The van der Waals surface area contributed by atoms with E-state index in [1.165, 1.54) is 12.1 Å². The molecular weight excluding hydrogens is 327 g/mol. The maximum Gasteiger partial charge on any atom is 0.416 e. The first kappa shape index (κ1) is 19.5. The molecule has 136 valence electrons. The number of methoxy groups -OCH3 is 1. The van der Waals surface area contributed by atoms with Crippen LogP contribution in [0.5, 0.6) is 0 Å². The van der Waals surface area contributed by atoms with Gasteiger partial charge < -0.3 is 10.1 Å². The second-order valence-electron chi connectivity index (χ2n) is 6.54. The van der Waals surface area contributed by atoms with Crippen molar-refractivity contribution in [2.75, 3.05) is 13.7 Å². The van der Waals surface area contributed by atoms with Crippen LogP contribution in [0.2, 0.25) is 0 Å². The third-order valence-corrected chi connectivity index (χ3v) is 4.33. The predicted octanol–water partition coefficient (Wildman–Crippen LogP) is 4.92. The van der Waals surface area contributed by atoms with E-state index in [0.29, 0.717) is 25.1 Å². The largest absolute Gasteiger partial charge is 0.416 e. The van der Waals surface area contributed by atoms with E-state index < -0.39 is 11.7 Å². The summed E-state index contributed by atoms with van der Waals surface area (Å²) in [5.74, 6) is 0. The molecule has 2 nitrogen and oxygen atoms in total. The van der Waals surface area contributed by atoms with Crippen LogP contribution in [0.25, 0.3) is 0 Å². The molecule has 0 aliphatic heterocycles. The van der Waals surface area contributed by atoms with E-state index in [0.717, 1.165) is 17.2 Å². The van der Waals surface area contributed by atoms with E-state index in [-0.39, 0.29) is 5.60 Å². The Morgan fingerprint density at radius 1 is 0.920 bits per heavy atom. The Bertz CT molecular complexity index is 678.